The van der Waals surface area contributed by atoms with Crippen LogP contribution in [-0.2, 0) is 11.3 Å². The van der Waals surface area contributed by atoms with E-state index in [1.165, 1.54) is 0 Å². The van der Waals surface area contributed by atoms with Gasteiger partial charge in [0.15, 0.2) is 11.6 Å². The minimum atomic E-state index is -0.229. The van der Waals surface area contributed by atoms with Crippen LogP contribution in [0.1, 0.15) is 18.9 Å². The van der Waals surface area contributed by atoms with Crippen LogP contribution in [0.4, 0.5) is 10.2 Å². The van der Waals surface area contributed by atoms with E-state index >= 15 is 0 Å². The Morgan fingerprint density at radius 3 is 3.11 bits per heavy atom. The van der Waals surface area contributed by atoms with Gasteiger partial charge in [-0.05, 0) is 19.0 Å². The molecule has 2 rings (SSSR count). The van der Waals surface area contributed by atoms with Crippen LogP contribution in [0.25, 0.3) is 0 Å². The molecular formula is C13H20FN3O. The number of ether oxygens (including phenoxy) is 1. The van der Waals surface area contributed by atoms with E-state index in [2.05, 4.69) is 10.3 Å². The number of nitrogens with zero attached hydrogens (tertiary/aromatic N) is 2. The van der Waals surface area contributed by atoms with Gasteiger partial charge < -0.3 is 15.0 Å². The Morgan fingerprint density at radius 1 is 1.61 bits per heavy atom. The van der Waals surface area contributed by atoms with E-state index in [-0.39, 0.29) is 11.9 Å². The smallest absolute Gasteiger partial charge is 0.170 e. The van der Waals surface area contributed by atoms with Crippen molar-refractivity contribution in [2.24, 2.45) is 0 Å². The summed E-state index contributed by atoms with van der Waals surface area (Å²) in [6.45, 7) is 4.75. The maximum atomic E-state index is 14.3. The lowest BCUT2D eigenvalue weighted by molar-refractivity contribution is 0.193. The molecule has 18 heavy (non-hydrogen) atoms. The summed E-state index contributed by atoms with van der Waals surface area (Å²) in [5.74, 6) is 0.189. The van der Waals surface area contributed by atoms with Crippen LogP contribution in [0.3, 0.4) is 0 Å². The Morgan fingerprint density at radius 2 is 2.44 bits per heavy atom. The van der Waals surface area contributed by atoms with Crippen molar-refractivity contribution >= 4 is 5.82 Å². The summed E-state index contributed by atoms with van der Waals surface area (Å²) in [7, 11) is 1.88. The Labute approximate surface area is 107 Å². The van der Waals surface area contributed by atoms with Gasteiger partial charge in [0.2, 0.25) is 0 Å². The molecule has 2 heterocycles. The van der Waals surface area contributed by atoms with Gasteiger partial charge in [-0.1, -0.05) is 6.92 Å². The summed E-state index contributed by atoms with van der Waals surface area (Å²) in [6, 6.07) is 1.95. The highest BCUT2D eigenvalue weighted by atomic mass is 19.1. The molecule has 1 aliphatic heterocycles. The van der Waals surface area contributed by atoms with Crippen molar-refractivity contribution in [2.75, 3.05) is 31.7 Å². The largest absolute Gasteiger partial charge is 0.379 e. The molecule has 4 nitrogen and oxygen atoms in total. The number of hydrogen-bond acceptors (Lipinski definition) is 4. The van der Waals surface area contributed by atoms with Gasteiger partial charge in [-0.2, -0.15) is 0 Å². The van der Waals surface area contributed by atoms with Crippen LogP contribution in [0, 0.1) is 5.82 Å². The monoisotopic (exact) mass is 253 g/mol. The lowest BCUT2D eigenvalue weighted by atomic mass is 10.2. The van der Waals surface area contributed by atoms with Crippen LogP contribution in [0.2, 0.25) is 0 Å². The first-order valence-electron chi connectivity index (χ1n) is 6.38. The third kappa shape index (κ3) is 2.79. The van der Waals surface area contributed by atoms with Crippen molar-refractivity contribution in [2.45, 2.75) is 25.9 Å². The molecule has 100 valence electrons. The standard InChI is InChI=1S/C13H20FN3O/c1-3-15-8-10-4-6-16-13(12(10)14)17(2)11-5-7-18-9-11/h4,6,11,15H,3,5,7-9H2,1-2H3. The summed E-state index contributed by atoms with van der Waals surface area (Å²) in [5, 5.41) is 3.13. The van der Waals surface area contributed by atoms with Crippen LogP contribution >= 0.6 is 0 Å². The first kappa shape index (κ1) is 13.2. The molecule has 0 saturated carbocycles. The number of halogens is 1. The number of rotatable bonds is 5. The molecule has 1 fully saturated rings. The normalized spacial score (nSPS) is 19.2. The maximum Gasteiger partial charge on any atom is 0.170 e. The van der Waals surface area contributed by atoms with Gasteiger partial charge in [0, 0.05) is 32.0 Å². The van der Waals surface area contributed by atoms with E-state index in [4.69, 9.17) is 4.74 Å². The Hall–Kier alpha value is -1.20. The molecule has 0 bridgehead atoms. The maximum absolute atomic E-state index is 14.3. The molecule has 0 spiro atoms. The first-order valence-corrected chi connectivity index (χ1v) is 6.38. The number of likely N-dealkylation sites (N-methyl/N-ethyl adjacent to an activating group) is 1. The topological polar surface area (TPSA) is 37.4 Å². The zero-order valence-electron chi connectivity index (χ0n) is 10.9. The number of nitrogens with one attached hydrogen (secondary N) is 1. The van der Waals surface area contributed by atoms with Crippen molar-refractivity contribution in [3.63, 3.8) is 0 Å². The second-order valence-corrected chi connectivity index (χ2v) is 4.52. The fourth-order valence-corrected chi connectivity index (χ4v) is 2.11. The third-order valence-electron chi connectivity index (χ3n) is 3.30. The summed E-state index contributed by atoms with van der Waals surface area (Å²) >= 11 is 0. The van der Waals surface area contributed by atoms with Crippen molar-refractivity contribution < 1.29 is 9.13 Å². The Balaban J connectivity index is 2.16. The van der Waals surface area contributed by atoms with Crippen LogP contribution < -0.4 is 10.2 Å². The molecule has 1 N–H and O–H groups in total. The fraction of sp³-hybridized carbons (Fsp3) is 0.615. The number of hydrogen-bond donors (Lipinski definition) is 1. The van der Waals surface area contributed by atoms with Gasteiger partial charge in [-0.3, -0.25) is 0 Å². The highest BCUT2D eigenvalue weighted by Crippen LogP contribution is 2.23. The van der Waals surface area contributed by atoms with Gasteiger partial charge in [0.1, 0.15) is 0 Å². The molecule has 1 aromatic rings. The summed E-state index contributed by atoms with van der Waals surface area (Å²) in [6.07, 6.45) is 2.59. The molecule has 1 unspecified atom stereocenters. The van der Waals surface area contributed by atoms with E-state index in [9.17, 15) is 4.39 Å². The number of aromatic nitrogens is 1. The molecule has 1 aromatic heterocycles. The Bertz CT molecular complexity index is 394. The summed E-state index contributed by atoms with van der Waals surface area (Å²) in [4.78, 5) is 6.05. The minimum absolute atomic E-state index is 0.224. The van der Waals surface area contributed by atoms with Crippen molar-refractivity contribution in [1.82, 2.24) is 10.3 Å². The zero-order valence-corrected chi connectivity index (χ0v) is 10.9. The van der Waals surface area contributed by atoms with Crippen molar-refractivity contribution in [3.05, 3.63) is 23.6 Å². The molecule has 5 heteroatoms. The van der Waals surface area contributed by atoms with Crippen molar-refractivity contribution in [1.29, 1.82) is 0 Å². The average Bonchev–Trinajstić information content (AvgIpc) is 2.91. The molecule has 1 aliphatic rings. The Kier molecular flexibility index (Phi) is 4.49. The predicted octanol–water partition coefficient (Wildman–Crippen LogP) is 1.56. The third-order valence-corrected chi connectivity index (χ3v) is 3.30. The molecular weight excluding hydrogens is 233 g/mol. The van der Waals surface area contributed by atoms with Crippen LogP contribution in [0.15, 0.2) is 12.3 Å². The molecule has 0 amide bonds. The van der Waals surface area contributed by atoms with Gasteiger partial charge in [0.05, 0.1) is 12.6 Å². The van der Waals surface area contributed by atoms with E-state index < -0.39 is 0 Å². The van der Waals surface area contributed by atoms with Gasteiger partial charge in [0.25, 0.3) is 0 Å². The van der Waals surface area contributed by atoms with Gasteiger partial charge in [-0.15, -0.1) is 0 Å². The second kappa shape index (κ2) is 6.11. The highest BCUT2D eigenvalue weighted by molar-refractivity contribution is 5.43. The fourth-order valence-electron chi connectivity index (χ4n) is 2.11. The zero-order chi connectivity index (χ0) is 13.0. The van der Waals surface area contributed by atoms with E-state index in [1.54, 1.807) is 12.3 Å². The first-order chi connectivity index (χ1) is 8.74. The second-order valence-electron chi connectivity index (χ2n) is 4.52. The van der Waals surface area contributed by atoms with Crippen molar-refractivity contribution in [3.8, 4) is 0 Å². The minimum Gasteiger partial charge on any atom is -0.379 e. The number of pyridine rings is 1. The average molecular weight is 253 g/mol. The highest BCUT2D eigenvalue weighted by Gasteiger charge is 2.24. The molecule has 0 aromatic carbocycles. The molecule has 0 radical (unpaired) electrons. The van der Waals surface area contributed by atoms with E-state index in [0.717, 1.165) is 19.6 Å². The number of anilines is 1. The summed E-state index contributed by atoms with van der Waals surface area (Å²) in [5.41, 5.74) is 0.660. The van der Waals surface area contributed by atoms with Crippen LogP contribution in [-0.4, -0.2) is 37.8 Å². The van der Waals surface area contributed by atoms with Crippen LogP contribution in [0.5, 0.6) is 0 Å². The van der Waals surface area contributed by atoms with Gasteiger partial charge >= 0.3 is 0 Å². The lowest BCUT2D eigenvalue weighted by Gasteiger charge is -2.25. The van der Waals surface area contributed by atoms with Gasteiger partial charge in [-0.25, -0.2) is 9.37 Å². The lowest BCUT2D eigenvalue weighted by Crippen LogP contribution is -2.33. The molecule has 1 saturated heterocycles. The molecule has 1 atom stereocenters. The SMILES string of the molecule is CCNCc1ccnc(N(C)C2CCOC2)c1F. The quantitative estimate of drug-likeness (QED) is 0.864. The predicted molar refractivity (Wildman–Crippen MR) is 69.2 cm³/mol. The summed E-state index contributed by atoms with van der Waals surface area (Å²) < 4.78 is 19.6. The van der Waals surface area contributed by atoms with E-state index in [0.29, 0.717) is 24.5 Å². The molecule has 0 aliphatic carbocycles. The van der Waals surface area contributed by atoms with E-state index in [1.807, 2.05) is 18.9 Å².